The normalized spacial score (nSPS) is 20.4. The van der Waals surface area contributed by atoms with Crippen molar-refractivity contribution >= 4 is 11.8 Å². The van der Waals surface area contributed by atoms with Gasteiger partial charge in [-0.1, -0.05) is 30.8 Å². The average Bonchev–Trinajstić information content (AvgIpc) is 3.26. The number of benzene rings is 1. The van der Waals surface area contributed by atoms with Gasteiger partial charge in [0, 0.05) is 48.3 Å². The number of likely N-dealkylation sites (tertiary alicyclic amines) is 2. The van der Waals surface area contributed by atoms with E-state index in [1.807, 2.05) is 6.07 Å². The Labute approximate surface area is 232 Å². The number of urea groups is 1. The number of hydrogen-bond acceptors (Lipinski definition) is 5. The molecule has 3 aliphatic rings. The Balaban J connectivity index is 1.06. The Hall–Kier alpha value is -3.85. The summed E-state index contributed by atoms with van der Waals surface area (Å²) in [5.74, 6) is -0.591. The Morgan fingerprint density at radius 1 is 1.02 bits per heavy atom. The molecule has 4 heterocycles. The zero-order chi connectivity index (χ0) is 27.9. The molecule has 40 heavy (non-hydrogen) atoms. The molecule has 0 atom stereocenters. The SMILES string of the molecule is C=C1N(C(=O)Nc2ccc(Oc3ccnc(-c4ccc(C5CCN(C)CC5)cc4)c3)cn2)CCC12CC(F)(F)C2. The number of nitrogens with zero attached hydrogens (tertiary/aromatic N) is 4. The van der Waals surface area contributed by atoms with Crippen molar-refractivity contribution in [1.82, 2.24) is 19.8 Å². The molecule has 0 radical (unpaired) electrons. The van der Waals surface area contributed by atoms with Crippen molar-refractivity contribution in [2.75, 3.05) is 32.0 Å². The van der Waals surface area contributed by atoms with Crippen LogP contribution in [0.4, 0.5) is 19.4 Å². The summed E-state index contributed by atoms with van der Waals surface area (Å²) in [6.45, 7) is 6.58. The third kappa shape index (κ3) is 5.30. The van der Waals surface area contributed by atoms with Crippen LogP contribution in [0.2, 0.25) is 0 Å². The fraction of sp³-hybridized carbons (Fsp3) is 0.387. The number of pyridine rings is 2. The van der Waals surface area contributed by atoms with Crippen molar-refractivity contribution in [1.29, 1.82) is 0 Å². The van der Waals surface area contributed by atoms with Gasteiger partial charge in [0.2, 0.25) is 5.92 Å². The molecule has 6 rings (SSSR count). The topological polar surface area (TPSA) is 70.6 Å². The zero-order valence-corrected chi connectivity index (χ0v) is 22.6. The van der Waals surface area contributed by atoms with Gasteiger partial charge < -0.3 is 9.64 Å². The lowest BCUT2D eigenvalue weighted by atomic mass is 9.64. The van der Waals surface area contributed by atoms with Gasteiger partial charge in [0.25, 0.3) is 0 Å². The van der Waals surface area contributed by atoms with Crippen LogP contribution >= 0.6 is 0 Å². The number of aromatic nitrogens is 2. The molecule has 0 unspecified atom stereocenters. The van der Waals surface area contributed by atoms with Crippen LogP contribution in [-0.4, -0.2) is 58.4 Å². The summed E-state index contributed by atoms with van der Waals surface area (Å²) in [6.07, 6.45) is 5.63. The molecule has 1 saturated carbocycles. The van der Waals surface area contributed by atoms with Crippen LogP contribution in [0, 0.1) is 5.41 Å². The molecule has 2 aliphatic heterocycles. The van der Waals surface area contributed by atoms with E-state index < -0.39 is 17.4 Å². The molecule has 1 N–H and O–H groups in total. The summed E-state index contributed by atoms with van der Waals surface area (Å²) in [7, 11) is 2.17. The number of hydrogen-bond donors (Lipinski definition) is 1. The number of halogens is 2. The van der Waals surface area contributed by atoms with Crippen LogP contribution in [0.3, 0.4) is 0 Å². The lowest BCUT2D eigenvalue weighted by Crippen LogP contribution is -2.46. The number of anilines is 1. The summed E-state index contributed by atoms with van der Waals surface area (Å²) in [5.41, 5.74) is 3.01. The van der Waals surface area contributed by atoms with Gasteiger partial charge >= 0.3 is 6.03 Å². The van der Waals surface area contributed by atoms with E-state index in [0.717, 1.165) is 24.3 Å². The Kier molecular flexibility index (Phi) is 6.78. The van der Waals surface area contributed by atoms with E-state index in [1.165, 1.54) is 29.5 Å². The first-order valence-electron chi connectivity index (χ1n) is 13.7. The maximum Gasteiger partial charge on any atom is 0.327 e. The van der Waals surface area contributed by atoms with Crippen LogP contribution in [0.1, 0.15) is 43.6 Å². The van der Waals surface area contributed by atoms with E-state index in [9.17, 15) is 13.6 Å². The molecule has 1 aliphatic carbocycles. The monoisotopic (exact) mass is 545 g/mol. The first-order chi connectivity index (χ1) is 19.2. The summed E-state index contributed by atoms with van der Waals surface area (Å²) in [6, 6.07) is 15.3. The highest BCUT2D eigenvalue weighted by Crippen LogP contribution is 2.61. The smallest absolute Gasteiger partial charge is 0.327 e. The molecule has 2 aromatic heterocycles. The van der Waals surface area contributed by atoms with Crippen molar-refractivity contribution in [2.45, 2.75) is 43.9 Å². The molecule has 3 fully saturated rings. The Morgan fingerprint density at radius 3 is 2.45 bits per heavy atom. The highest BCUT2D eigenvalue weighted by atomic mass is 19.3. The van der Waals surface area contributed by atoms with Crippen LogP contribution < -0.4 is 10.1 Å². The fourth-order valence-corrected chi connectivity index (χ4v) is 6.16. The minimum absolute atomic E-state index is 0.243. The summed E-state index contributed by atoms with van der Waals surface area (Å²) < 4.78 is 33.0. The van der Waals surface area contributed by atoms with E-state index >= 15 is 0 Å². The zero-order valence-electron chi connectivity index (χ0n) is 22.6. The van der Waals surface area contributed by atoms with Crippen LogP contribution in [0.15, 0.2) is 73.2 Å². The highest BCUT2D eigenvalue weighted by Gasteiger charge is 2.61. The van der Waals surface area contributed by atoms with E-state index in [-0.39, 0.29) is 12.8 Å². The molecule has 7 nitrogen and oxygen atoms in total. The van der Waals surface area contributed by atoms with Gasteiger partial charge in [0.05, 0.1) is 11.9 Å². The quantitative estimate of drug-likeness (QED) is 0.377. The van der Waals surface area contributed by atoms with Crippen LogP contribution in [0.5, 0.6) is 11.5 Å². The Morgan fingerprint density at radius 2 is 1.77 bits per heavy atom. The molecule has 0 bridgehead atoms. The number of amides is 2. The second kappa shape index (κ2) is 10.3. The maximum atomic E-state index is 13.5. The number of carbonyl (C=O) groups excluding carboxylic acids is 1. The van der Waals surface area contributed by atoms with Gasteiger partial charge in [-0.05, 0) is 69.1 Å². The standard InChI is InChI=1S/C31H33F2N5O2/c1-21-30(19-31(32,33)20-30)12-16-38(21)29(39)36-28-8-7-26(18-35-28)40-25-9-13-34-27(17-25)24-5-3-22(4-6-24)23-10-14-37(2)15-11-23/h3-9,13,17-18,23H,1,10-12,14-16,19-20H2,2H3,(H,35,36,39). The molecule has 3 aromatic rings. The minimum atomic E-state index is -2.67. The molecule has 1 spiro atoms. The fourth-order valence-electron chi connectivity index (χ4n) is 6.16. The number of ether oxygens (including phenoxy) is 1. The van der Waals surface area contributed by atoms with E-state index in [0.29, 0.717) is 41.9 Å². The van der Waals surface area contributed by atoms with Crippen molar-refractivity contribution in [3.05, 3.63) is 78.8 Å². The highest BCUT2D eigenvalue weighted by molar-refractivity contribution is 5.90. The van der Waals surface area contributed by atoms with Gasteiger partial charge in [-0.25, -0.2) is 18.6 Å². The molecule has 2 saturated heterocycles. The first-order valence-corrected chi connectivity index (χ1v) is 13.7. The van der Waals surface area contributed by atoms with Crippen molar-refractivity contribution in [3.8, 4) is 22.8 Å². The minimum Gasteiger partial charge on any atom is -0.456 e. The molecule has 1 aromatic carbocycles. The van der Waals surface area contributed by atoms with Crippen molar-refractivity contribution in [2.24, 2.45) is 5.41 Å². The predicted octanol–water partition coefficient (Wildman–Crippen LogP) is 6.91. The van der Waals surface area contributed by atoms with Gasteiger partial charge in [0.1, 0.15) is 17.3 Å². The first kappa shape index (κ1) is 26.4. The number of allylic oxidation sites excluding steroid dienone is 1. The van der Waals surface area contributed by atoms with Crippen LogP contribution in [-0.2, 0) is 0 Å². The van der Waals surface area contributed by atoms with Gasteiger partial charge in [0.15, 0.2) is 0 Å². The largest absolute Gasteiger partial charge is 0.456 e. The molecular weight excluding hydrogens is 512 g/mol. The number of nitrogens with one attached hydrogen (secondary N) is 1. The molecular formula is C31H33F2N5O2. The van der Waals surface area contributed by atoms with E-state index in [2.05, 4.69) is 58.1 Å². The number of carbonyl (C=O) groups is 1. The summed E-state index contributed by atoms with van der Waals surface area (Å²) in [4.78, 5) is 25.4. The second-order valence-electron chi connectivity index (χ2n) is 11.3. The lowest BCUT2D eigenvalue weighted by Gasteiger charge is -2.45. The third-order valence-electron chi connectivity index (χ3n) is 8.53. The number of piperidine rings is 1. The van der Waals surface area contributed by atoms with Gasteiger partial charge in [-0.3, -0.25) is 15.2 Å². The average molecular weight is 546 g/mol. The van der Waals surface area contributed by atoms with Crippen molar-refractivity contribution < 1.29 is 18.3 Å². The van der Waals surface area contributed by atoms with Gasteiger partial charge in [-0.2, -0.15) is 0 Å². The third-order valence-corrected chi connectivity index (χ3v) is 8.53. The second-order valence-corrected chi connectivity index (χ2v) is 11.3. The van der Waals surface area contributed by atoms with E-state index in [4.69, 9.17) is 4.74 Å². The van der Waals surface area contributed by atoms with Crippen LogP contribution in [0.25, 0.3) is 11.3 Å². The predicted molar refractivity (Wildman–Crippen MR) is 150 cm³/mol. The maximum absolute atomic E-state index is 13.5. The molecule has 208 valence electrons. The van der Waals surface area contributed by atoms with E-state index in [1.54, 1.807) is 24.4 Å². The lowest BCUT2D eigenvalue weighted by molar-refractivity contribution is -0.143. The van der Waals surface area contributed by atoms with Crippen molar-refractivity contribution in [3.63, 3.8) is 0 Å². The van der Waals surface area contributed by atoms with Gasteiger partial charge in [-0.15, -0.1) is 0 Å². The molecule has 2 amide bonds. The number of alkyl halides is 2. The summed E-state index contributed by atoms with van der Waals surface area (Å²) in [5, 5.41) is 2.73. The summed E-state index contributed by atoms with van der Waals surface area (Å²) >= 11 is 0. The molecule has 9 heteroatoms. The number of rotatable bonds is 5. The Bertz CT molecular complexity index is 1390.